The van der Waals surface area contributed by atoms with Gasteiger partial charge in [0.15, 0.2) is 0 Å². The number of ether oxygens (including phenoxy) is 1. The van der Waals surface area contributed by atoms with Crippen LogP contribution >= 0.6 is 0 Å². The smallest absolute Gasteiger partial charge is 0.251 e. The normalized spacial score (nSPS) is 15.7. The Bertz CT molecular complexity index is 803. The molecule has 0 saturated heterocycles. The molecule has 0 radical (unpaired) electrons. The minimum Gasteiger partial charge on any atom is -0.493 e. The molecular weight excluding hydrogens is 360 g/mol. The molecule has 29 heavy (non-hydrogen) atoms. The molecule has 2 aromatic rings. The molecule has 0 fully saturated rings. The fraction of sp³-hybridized carbons (Fsp3) is 0.480. The number of carbonyl (C=O) groups is 1. The van der Waals surface area contributed by atoms with Crippen molar-refractivity contribution in [3.63, 3.8) is 0 Å². The van der Waals surface area contributed by atoms with Crippen molar-refractivity contribution in [3.05, 3.63) is 64.7 Å². The summed E-state index contributed by atoms with van der Waals surface area (Å²) in [4.78, 5) is 14.9. The molecule has 0 saturated carbocycles. The van der Waals surface area contributed by atoms with Crippen molar-refractivity contribution in [1.82, 2.24) is 10.2 Å². The van der Waals surface area contributed by atoms with Crippen LogP contribution in [0.1, 0.15) is 66.1 Å². The van der Waals surface area contributed by atoms with Crippen LogP contribution in [0.15, 0.2) is 42.5 Å². The van der Waals surface area contributed by atoms with E-state index < -0.39 is 0 Å². The Morgan fingerprint density at radius 2 is 1.97 bits per heavy atom. The molecule has 3 rings (SSSR count). The third kappa shape index (κ3) is 6.60. The maximum absolute atomic E-state index is 12.5. The first-order chi connectivity index (χ1) is 14.2. The standard InChI is InChI=1S/C25H34N2O2/c1-3-4-13-26-25(28)22-11-12-24-23(18-22)17-20-9-8-10-21(16-20)19-27(2)14-6-5-7-15-29-24/h8-12,16,18H,3-7,13-15,17,19H2,1-2H3,(H,26,28). The van der Waals surface area contributed by atoms with Crippen LogP contribution in [0.3, 0.4) is 0 Å². The van der Waals surface area contributed by atoms with Gasteiger partial charge in [-0.25, -0.2) is 0 Å². The number of carbonyl (C=O) groups excluding carboxylic acids is 1. The number of nitrogens with one attached hydrogen (secondary N) is 1. The minimum absolute atomic E-state index is 0.00368. The van der Waals surface area contributed by atoms with Crippen molar-refractivity contribution in [1.29, 1.82) is 0 Å². The fourth-order valence-corrected chi connectivity index (χ4v) is 3.77. The van der Waals surface area contributed by atoms with Crippen LogP contribution in [-0.4, -0.2) is 37.6 Å². The summed E-state index contributed by atoms with van der Waals surface area (Å²) in [6.45, 7) is 5.65. The molecule has 156 valence electrons. The molecule has 1 aliphatic rings. The highest BCUT2D eigenvalue weighted by molar-refractivity contribution is 5.94. The van der Waals surface area contributed by atoms with E-state index in [-0.39, 0.29) is 5.91 Å². The Labute approximate surface area is 175 Å². The third-order valence-corrected chi connectivity index (χ3v) is 5.42. The van der Waals surface area contributed by atoms with Crippen LogP contribution in [0.2, 0.25) is 0 Å². The van der Waals surface area contributed by atoms with Crippen molar-refractivity contribution < 1.29 is 9.53 Å². The van der Waals surface area contributed by atoms with Gasteiger partial charge in [0.25, 0.3) is 5.91 Å². The minimum atomic E-state index is -0.00368. The summed E-state index contributed by atoms with van der Waals surface area (Å²) in [7, 11) is 2.19. The summed E-state index contributed by atoms with van der Waals surface area (Å²) in [6.07, 6.45) is 6.24. The topological polar surface area (TPSA) is 41.6 Å². The molecule has 0 atom stereocenters. The van der Waals surface area contributed by atoms with Gasteiger partial charge in [-0.3, -0.25) is 4.79 Å². The summed E-state index contributed by atoms with van der Waals surface area (Å²) in [6, 6.07) is 14.6. The second-order valence-electron chi connectivity index (χ2n) is 8.08. The van der Waals surface area contributed by atoms with Gasteiger partial charge in [-0.1, -0.05) is 37.6 Å². The van der Waals surface area contributed by atoms with E-state index in [0.717, 1.165) is 69.7 Å². The molecule has 1 heterocycles. The van der Waals surface area contributed by atoms with Crippen molar-refractivity contribution in [2.75, 3.05) is 26.7 Å². The molecular formula is C25H34N2O2. The first-order valence-corrected chi connectivity index (χ1v) is 11.0. The van der Waals surface area contributed by atoms with Crippen LogP contribution in [-0.2, 0) is 13.0 Å². The van der Waals surface area contributed by atoms with Crippen LogP contribution in [0, 0.1) is 0 Å². The van der Waals surface area contributed by atoms with Gasteiger partial charge in [0, 0.05) is 25.1 Å². The summed E-state index contributed by atoms with van der Waals surface area (Å²) in [5, 5.41) is 3.02. The number of fused-ring (bicyclic) bond motifs is 3. The van der Waals surface area contributed by atoms with Crippen LogP contribution < -0.4 is 10.1 Å². The highest BCUT2D eigenvalue weighted by Gasteiger charge is 2.12. The number of hydrogen-bond donors (Lipinski definition) is 1. The van der Waals surface area contributed by atoms with Gasteiger partial charge in [-0.15, -0.1) is 0 Å². The van der Waals surface area contributed by atoms with E-state index in [2.05, 4.69) is 48.5 Å². The van der Waals surface area contributed by atoms with Crippen molar-refractivity contribution in [2.45, 2.75) is 52.0 Å². The van der Waals surface area contributed by atoms with E-state index in [1.54, 1.807) is 0 Å². The summed E-state index contributed by atoms with van der Waals surface area (Å²) < 4.78 is 6.12. The molecule has 2 bridgehead atoms. The largest absolute Gasteiger partial charge is 0.493 e. The predicted octanol–water partition coefficient (Wildman–Crippen LogP) is 4.80. The summed E-state index contributed by atoms with van der Waals surface area (Å²) in [5.74, 6) is 0.894. The maximum Gasteiger partial charge on any atom is 0.251 e. The molecule has 1 N–H and O–H groups in total. The molecule has 4 nitrogen and oxygen atoms in total. The van der Waals surface area contributed by atoms with E-state index in [1.165, 1.54) is 17.5 Å². The second kappa shape index (κ2) is 11.0. The third-order valence-electron chi connectivity index (χ3n) is 5.42. The number of hydrogen-bond acceptors (Lipinski definition) is 3. The van der Waals surface area contributed by atoms with Gasteiger partial charge in [0.05, 0.1) is 6.61 Å². The Morgan fingerprint density at radius 3 is 2.83 bits per heavy atom. The van der Waals surface area contributed by atoms with E-state index >= 15 is 0 Å². The van der Waals surface area contributed by atoms with Gasteiger partial charge in [-0.2, -0.15) is 0 Å². The molecule has 0 spiro atoms. The van der Waals surface area contributed by atoms with Crippen molar-refractivity contribution in [2.24, 2.45) is 0 Å². The molecule has 2 aromatic carbocycles. The first-order valence-electron chi connectivity index (χ1n) is 11.0. The van der Waals surface area contributed by atoms with E-state index in [9.17, 15) is 4.79 Å². The number of benzene rings is 2. The lowest BCUT2D eigenvalue weighted by Crippen LogP contribution is -2.24. The molecule has 0 aliphatic carbocycles. The number of nitrogens with zero attached hydrogens (tertiary/aromatic N) is 1. The predicted molar refractivity (Wildman–Crippen MR) is 119 cm³/mol. The zero-order valence-corrected chi connectivity index (χ0v) is 17.9. The Morgan fingerprint density at radius 1 is 1.10 bits per heavy atom. The maximum atomic E-state index is 12.5. The molecule has 0 unspecified atom stereocenters. The molecule has 1 aliphatic heterocycles. The van der Waals surface area contributed by atoms with Crippen LogP contribution in [0.4, 0.5) is 0 Å². The van der Waals surface area contributed by atoms with E-state index in [1.807, 2.05) is 18.2 Å². The SMILES string of the molecule is CCCCNC(=O)c1ccc2c(c1)Cc1cccc(c1)CN(C)CCCCCO2. The molecule has 0 aromatic heterocycles. The quantitative estimate of drug-likeness (QED) is 0.757. The Kier molecular flexibility index (Phi) is 8.12. The zero-order valence-electron chi connectivity index (χ0n) is 17.9. The van der Waals surface area contributed by atoms with Crippen LogP contribution in [0.5, 0.6) is 5.75 Å². The Hall–Kier alpha value is -2.33. The second-order valence-corrected chi connectivity index (χ2v) is 8.08. The van der Waals surface area contributed by atoms with Crippen LogP contribution in [0.25, 0.3) is 0 Å². The van der Waals surface area contributed by atoms with Gasteiger partial charge < -0.3 is 15.0 Å². The molecule has 4 heteroatoms. The van der Waals surface area contributed by atoms with Crippen molar-refractivity contribution >= 4 is 5.91 Å². The van der Waals surface area contributed by atoms with E-state index in [4.69, 9.17) is 4.74 Å². The van der Waals surface area contributed by atoms with Crippen molar-refractivity contribution in [3.8, 4) is 5.75 Å². The van der Waals surface area contributed by atoms with Gasteiger partial charge in [0.1, 0.15) is 5.75 Å². The first kappa shape index (κ1) is 21.4. The molecule has 1 amide bonds. The van der Waals surface area contributed by atoms with Gasteiger partial charge >= 0.3 is 0 Å². The highest BCUT2D eigenvalue weighted by atomic mass is 16.5. The highest BCUT2D eigenvalue weighted by Crippen LogP contribution is 2.25. The Balaban J connectivity index is 1.85. The lowest BCUT2D eigenvalue weighted by atomic mass is 9.99. The van der Waals surface area contributed by atoms with Gasteiger partial charge in [0.2, 0.25) is 0 Å². The number of amides is 1. The van der Waals surface area contributed by atoms with E-state index in [0.29, 0.717) is 5.56 Å². The van der Waals surface area contributed by atoms with Gasteiger partial charge in [-0.05, 0) is 74.2 Å². The number of unbranched alkanes of at least 4 members (excludes halogenated alkanes) is 1. The number of rotatable bonds is 4. The monoisotopic (exact) mass is 394 g/mol. The average molecular weight is 395 g/mol. The summed E-state index contributed by atoms with van der Waals surface area (Å²) in [5.41, 5.74) is 4.37. The zero-order chi connectivity index (χ0) is 20.5. The fourth-order valence-electron chi connectivity index (χ4n) is 3.77. The average Bonchev–Trinajstić information content (AvgIpc) is 2.71. The summed E-state index contributed by atoms with van der Waals surface area (Å²) >= 11 is 0. The lowest BCUT2D eigenvalue weighted by Gasteiger charge is -2.19. The lowest BCUT2D eigenvalue weighted by molar-refractivity contribution is 0.0953.